The first-order valence-electron chi connectivity index (χ1n) is 12.0. The fourth-order valence-corrected chi connectivity index (χ4v) is 6.21. The number of hydrogen-bond acceptors (Lipinski definition) is 6. The van der Waals surface area contributed by atoms with Crippen molar-refractivity contribution in [1.29, 1.82) is 0 Å². The van der Waals surface area contributed by atoms with Crippen LogP contribution in [0.5, 0.6) is 0 Å². The number of benzene rings is 1. The molecule has 34 heavy (non-hydrogen) atoms. The maximum atomic E-state index is 13.5. The van der Waals surface area contributed by atoms with Gasteiger partial charge in [-0.25, -0.2) is 0 Å². The highest BCUT2D eigenvalue weighted by Gasteiger charge is 2.32. The van der Waals surface area contributed by atoms with E-state index in [9.17, 15) is 4.79 Å². The van der Waals surface area contributed by atoms with Crippen molar-refractivity contribution in [3.63, 3.8) is 0 Å². The Hall–Kier alpha value is -2.94. The van der Waals surface area contributed by atoms with Crippen LogP contribution in [-0.2, 0) is 4.74 Å². The third kappa shape index (κ3) is 4.17. The number of nitrogens with zero attached hydrogens (tertiary/aromatic N) is 3. The van der Waals surface area contributed by atoms with Crippen LogP contribution in [0.1, 0.15) is 28.2 Å². The molecule has 7 nitrogen and oxygen atoms in total. The Morgan fingerprint density at radius 3 is 2.97 bits per heavy atom. The van der Waals surface area contributed by atoms with Crippen molar-refractivity contribution in [1.82, 2.24) is 19.8 Å². The van der Waals surface area contributed by atoms with E-state index in [1.165, 1.54) is 16.7 Å². The number of fused-ring (bicyclic) bond motifs is 2. The van der Waals surface area contributed by atoms with E-state index in [0.717, 1.165) is 89.9 Å². The lowest BCUT2D eigenvalue weighted by molar-refractivity contribution is 0.0262. The zero-order chi connectivity index (χ0) is 23.1. The Morgan fingerprint density at radius 1 is 1.21 bits per heavy atom. The molecule has 1 atom stereocenters. The smallest absolute Gasteiger partial charge is 0.264 e. The normalized spacial score (nSPS) is 19.3. The summed E-state index contributed by atoms with van der Waals surface area (Å²) in [5.74, 6) is 0.133. The van der Waals surface area contributed by atoms with Crippen molar-refractivity contribution in [2.75, 3.05) is 44.7 Å². The molecule has 2 aliphatic heterocycles. The standard InChI is InChI=1S/C26H29N5O2S/c1-17-13-18-14-19(4-5-21(18)28-17)29-22-6-7-27-23-15-24(34-25(22)23)26(32)31-8-2-3-20(31)16-30-9-11-33-12-10-30/h4-7,13-15,20,28H,2-3,8-12,16H2,1H3,(H,27,29)/t20-/m0/s1. The van der Waals surface area contributed by atoms with E-state index in [0.29, 0.717) is 0 Å². The third-order valence-electron chi connectivity index (χ3n) is 6.87. The number of H-pyrrole nitrogens is 1. The summed E-state index contributed by atoms with van der Waals surface area (Å²) in [6.45, 7) is 7.31. The van der Waals surface area contributed by atoms with E-state index in [1.807, 2.05) is 18.3 Å². The van der Waals surface area contributed by atoms with E-state index in [1.54, 1.807) is 0 Å². The molecular formula is C26H29N5O2S. The van der Waals surface area contributed by atoms with Gasteiger partial charge < -0.3 is 19.9 Å². The van der Waals surface area contributed by atoms with Crippen LogP contribution >= 0.6 is 11.3 Å². The number of ether oxygens (including phenoxy) is 1. The summed E-state index contributed by atoms with van der Waals surface area (Å²) in [7, 11) is 0. The van der Waals surface area contributed by atoms with Crippen LogP contribution in [-0.4, -0.2) is 71.1 Å². The number of aromatic nitrogens is 2. The molecule has 0 radical (unpaired) electrons. The van der Waals surface area contributed by atoms with Gasteiger partial charge in [-0.3, -0.25) is 14.7 Å². The van der Waals surface area contributed by atoms with Gasteiger partial charge in [0.05, 0.1) is 34.0 Å². The molecular weight excluding hydrogens is 446 g/mol. The Kier molecular flexibility index (Phi) is 5.72. The fraction of sp³-hybridized carbons (Fsp3) is 0.385. The van der Waals surface area contributed by atoms with E-state index < -0.39 is 0 Å². The summed E-state index contributed by atoms with van der Waals surface area (Å²) in [5.41, 5.74) is 5.14. The van der Waals surface area contributed by atoms with Crippen LogP contribution in [0.25, 0.3) is 21.1 Å². The highest BCUT2D eigenvalue weighted by Crippen LogP contribution is 2.34. The van der Waals surface area contributed by atoms with E-state index in [4.69, 9.17) is 4.74 Å². The molecule has 2 N–H and O–H groups in total. The maximum Gasteiger partial charge on any atom is 0.264 e. The molecule has 1 aromatic carbocycles. The minimum atomic E-state index is 0.133. The zero-order valence-electron chi connectivity index (χ0n) is 19.3. The molecule has 0 unspecified atom stereocenters. The molecule has 2 aliphatic rings. The van der Waals surface area contributed by atoms with E-state index >= 15 is 0 Å². The molecule has 5 heterocycles. The first-order valence-corrected chi connectivity index (χ1v) is 12.8. The van der Waals surface area contributed by atoms with Crippen molar-refractivity contribution in [3.8, 4) is 0 Å². The van der Waals surface area contributed by atoms with Gasteiger partial charge in [-0.15, -0.1) is 11.3 Å². The summed E-state index contributed by atoms with van der Waals surface area (Å²) in [6, 6.07) is 12.7. The second kappa shape index (κ2) is 9.02. The van der Waals surface area contributed by atoms with Gasteiger partial charge in [0, 0.05) is 60.7 Å². The van der Waals surface area contributed by atoms with Gasteiger partial charge in [-0.2, -0.15) is 0 Å². The molecule has 4 aromatic rings. The second-order valence-electron chi connectivity index (χ2n) is 9.27. The summed E-state index contributed by atoms with van der Waals surface area (Å²) in [4.78, 5) is 26.7. The molecule has 1 amide bonds. The number of amides is 1. The average Bonchev–Trinajstić information content (AvgIpc) is 3.57. The van der Waals surface area contributed by atoms with Crippen LogP contribution in [0.4, 0.5) is 11.4 Å². The number of likely N-dealkylation sites (tertiary alicyclic amines) is 1. The Labute approximate surface area is 202 Å². The van der Waals surface area contributed by atoms with Gasteiger partial charge in [0.2, 0.25) is 0 Å². The van der Waals surface area contributed by atoms with Crippen molar-refractivity contribution in [2.45, 2.75) is 25.8 Å². The summed E-state index contributed by atoms with van der Waals surface area (Å²) in [5, 5.41) is 4.72. The quantitative estimate of drug-likeness (QED) is 0.435. The number of rotatable bonds is 5. The molecule has 8 heteroatoms. The Morgan fingerprint density at radius 2 is 2.09 bits per heavy atom. The number of carbonyl (C=O) groups is 1. The highest BCUT2D eigenvalue weighted by atomic mass is 32.1. The molecule has 6 rings (SSSR count). The Balaban J connectivity index is 1.24. The maximum absolute atomic E-state index is 13.5. The second-order valence-corrected chi connectivity index (χ2v) is 10.3. The van der Waals surface area contributed by atoms with Gasteiger partial charge in [-0.1, -0.05) is 0 Å². The van der Waals surface area contributed by atoms with Gasteiger partial charge in [0.15, 0.2) is 0 Å². The summed E-state index contributed by atoms with van der Waals surface area (Å²) >= 11 is 1.54. The lowest BCUT2D eigenvalue weighted by Gasteiger charge is -2.32. The number of nitrogens with one attached hydrogen (secondary N) is 2. The first kappa shape index (κ1) is 21.6. The van der Waals surface area contributed by atoms with Gasteiger partial charge in [0.25, 0.3) is 5.91 Å². The molecule has 0 saturated carbocycles. The number of thiophene rings is 1. The number of carbonyl (C=O) groups excluding carboxylic acids is 1. The lowest BCUT2D eigenvalue weighted by atomic mass is 10.2. The highest BCUT2D eigenvalue weighted by molar-refractivity contribution is 7.21. The van der Waals surface area contributed by atoms with Gasteiger partial charge in [-0.05, 0) is 56.2 Å². The molecule has 0 aliphatic carbocycles. The number of pyridine rings is 1. The number of aryl methyl sites for hydroxylation is 1. The summed E-state index contributed by atoms with van der Waals surface area (Å²) < 4.78 is 6.50. The van der Waals surface area contributed by atoms with Gasteiger partial charge in [0.1, 0.15) is 0 Å². The van der Waals surface area contributed by atoms with Gasteiger partial charge >= 0.3 is 0 Å². The SMILES string of the molecule is Cc1cc2cc(Nc3ccnc4cc(C(=O)N5CCC[C@H]5CN5CCOCC5)sc34)ccc2[nH]1. The van der Waals surface area contributed by atoms with Crippen LogP contribution in [0.2, 0.25) is 0 Å². The van der Waals surface area contributed by atoms with Crippen molar-refractivity contribution >= 4 is 49.7 Å². The topological polar surface area (TPSA) is 73.5 Å². The minimum Gasteiger partial charge on any atom is -0.379 e. The minimum absolute atomic E-state index is 0.133. The average molecular weight is 476 g/mol. The first-order chi connectivity index (χ1) is 16.6. The van der Waals surface area contributed by atoms with Crippen LogP contribution in [0.15, 0.2) is 42.6 Å². The molecule has 2 fully saturated rings. The van der Waals surface area contributed by atoms with Crippen LogP contribution < -0.4 is 5.32 Å². The predicted octanol–water partition coefficient (Wildman–Crippen LogP) is 4.77. The van der Waals surface area contributed by atoms with Crippen LogP contribution in [0.3, 0.4) is 0 Å². The fourth-order valence-electron chi connectivity index (χ4n) is 5.17. The third-order valence-corrected chi connectivity index (χ3v) is 8.01. The summed E-state index contributed by atoms with van der Waals surface area (Å²) in [6.07, 6.45) is 3.94. The van der Waals surface area contributed by atoms with Crippen LogP contribution in [0, 0.1) is 6.92 Å². The lowest BCUT2D eigenvalue weighted by Crippen LogP contribution is -2.46. The number of morpholine rings is 1. The van der Waals surface area contributed by atoms with E-state index in [2.05, 4.69) is 56.3 Å². The number of hydrogen-bond donors (Lipinski definition) is 2. The van der Waals surface area contributed by atoms with E-state index in [-0.39, 0.29) is 11.9 Å². The molecule has 0 spiro atoms. The van der Waals surface area contributed by atoms with Crippen molar-refractivity contribution in [3.05, 3.63) is 53.2 Å². The molecule has 0 bridgehead atoms. The molecule has 176 valence electrons. The zero-order valence-corrected chi connectivity index (χ0v) is 20.2. The largest absolute Gasteiger partial charge is 0.379 e. The molecule has 2 saturated heterocycles. The number of anilines is 2. The Bertz CT molecular complexity index is 1340. The predicted molar refractivity (Wildman–Crippen MR) is 137 cm³/mol. The molecule has 3 aromatic heterocycles. The monoisotopic (exact) mass is 475 g/mol. The number of aromatic amines is 1. The van der Waals surface area contributed by atoms with Crippen molar-refractivity contribution in [2.24, 2.45) is 0 Å². The van der Waals surface area contributed by atoms with Crippen molar-refractivity contribution < 1.29 is 9.53 Å².